The summed E-state index contributed by atoms with van der Waals surface area (Å²) < 4.78 is 5.44. The highest BCUT2D eigenvalue weighted by Gasteiger charge is 2.22. The maximum atomic E-state index is 5.44. The van der Waals surface area contributed by atoms with Gasteiger partial charge in [0.25, 0.3) is 0 Å². The Bertz CT molecular complexity index is 792. The number of nitrogens with one attached hydrogen (secondary N) is 1. The van der Waals surface area contributed by atoms with Crippen molar-refractivity contribution in [2.24, 2.45) is 0 Å². The average Bonchev–Trinajstić information content (AvgIpc) is 3.15. The molecule has 0 saturated carbocycles. The number of aromatic amines is 1. The van der Waals surface area contributed by atoms with E-state index in [1.165, 1.54) is 11.3 Å². The monoisotopic (exact) mass is 308 g/mol. The summed E-state index contributed by atoms with van der Waals surface area (Å²) in [5.74, 6) is 1.44. The van der Waals surface area contributed by atoms with Gasteiger partial charge in [0.05, 0.1) is 13.3 Å². The fourth-order valence-electron chi connectivity index (χ4n) is 3.51. The van der Waals surface area contributed by atoms with Crippen molar-refractivity contribution in [2.75, 3.05) is 25.1 Å². The summed E-state index contributed by atoms with van der Waals surface area (Å²) in [4.78, 5) is 6.96. The van der Waals surface area contributed by atoms with Crippen LogP contribution < -0.4 is 9.64 Å². The van der Waals surface area contributed by atoms with Gasteiger partial charge < -0.3 is 9.64 Å². The van der Waals surface area contributed by atoms with Crippen LogP contribution in [0.2, 0.25) is 0 Å². The lowest BCUT2D eigenvalue weighted by Gasteiger charge is -2.34. The first-order valence-electron chi connectivity index (χ1n) is 8.02. The molecule has 118 valence electrons. The third-order valence-corrected chi connectivity index (χ3v) is 4.76. The van der Waals surface area contributed by atoms with Crippen LogP contribution in [0.25, 0.3) is 10.9 Å². The molecular formula is C18H20N4O. The van der Waals surface area contributed by atoms with Crippen LogP contribution >= 0.6 is 0 Å². The number of aromatic nitrogens is 3. The fourth-order valence-corrected chi connectivity index (χ4v) is 3.51. The van der Waals surface area contributed by atoms with E-state index in [4.69, 9.17) is 4.74 Å². The molecule has 1 N–H and O–H groups in total. The van der Waals surface area contributed by atoms with E-state index < -0.39 is 0 Å². The standard InChI is InChI=1S/C18H20N4O/c1-23-17-4-2-3-15-16(5-8-19-18(15)17)22-9-6-13(7-10-22)14-11-20-21-12-14/h2-5,8,11-13H,6-7,9-10H2,1H3,(H,20,21). The van der Waals surface area contributed by atoms with Crippen LogP contribution in [0.3, 0.4) is 0 Å². The normalized spacial score (nSPS) is 16.0. The maximum Gasteiger partial charge on any atom is 0.145 e. The van der Waals surface area contributed by atoms with Crippen molar-refractivity contribution < 1.29 is 4.74 Å². The molecule has 3 aromatic rings. The van der Waals surface area contributed by atoms with Crippen molar-refractivity contribution in [3.05, 3.63) is 48.4 Å². The summed E-state index contributed by atoms with van der Waals surface area (Å²) >= 11 is 0. The number of H-pyrrole nitrogens is 1. The summed E-state index contributed by atoms with van der Waals surface area (Å²) in [6.45, 7) is 2.10. The van der Waals surface area contributed by atoms with Crippen LogP contribution in [-0.4, -0.2) is 35.4 Å². The first-order chi connectivity index (χ1) is 11.4. The van der Waals surface area contributed by atoms with Gasteiger partial charge in [-0.2, -0.15) is 5.10 Å². The Morgan fingerprint density at radius 3 is 2.83 bits per heavy atom. The quantitative estimate of drug-likeness (QED) is 0.806. The predicted octanol–water partition coefficient (Wildman–Crippen LogP) is 3.35. The number of benzene rings is 1. The molecule has 0 spiro atoms. The molecule has 1 saturated heterocycles. The second-order valence-corrected chi connectivity index (χ2v) is 5.98. The third-order valence-electron chi connectivity index (χ3n) is 4.76. The molecule has 1 aromatic carbocycles. The summed E-state index contributed by atoms with van der Waals surface area (Å²) in [6.07, 6.45) is 8.14. The van der Waals surface area contributed by atoms with Gasteiger partial charge in [-0.25, -0.2) is 0 Å². The number of nitrogens with zero attached hydrogens (tertiary/aromatic N) is 3. The van der Waals surface area contributed by atoms with Gasteiger partial charge in [0.15, 0.2) is 0 Å². The number of para-hydroxylation sites is 1. The van der Waals surface area contributed by atoms with Gasteiger partial charge in [-0.3, -0.25) is 10.1 Å². The van der Waals surface area contributed by atoms with Crippen LogP contribution in [0.1, 0.15) is 24.3 Å². The Balaban J connectivity index is 1.61. The smallest absolute Gasteiger partial charge is 0.145 e. The summed E-state index contributed by atoms with van der Waals surface area (Å²) in [5, 5.41) is 8.16. The Hall–Kier alpha value is -2.56. The highest BCUT2D eigenvalue weighted by Crippen LogP contribution is 2.35. The van der Waals surface area contributed by atoms with E-state index in [0.29, 0.717) is 5.92 Å². The van der Waals surface area contributed by atoms with Gasteiger partial charge >= 0.3 is 0 Å². The molecular weight excluding hydrogens is 288 g/mol. The van der Waals surface area contributed by atoms with Crippen molar-refractivity contribution >= 4 is 16.6 Å². The number of rotatable bonds is 3. The molecule has 2 aromatic heterocycles. The topological polar surface area (TPSA) is 54.0 Å². The van der Waals surface area contributed by atoms with Crippen LogP contribution in [0.5, 0.6) is 5.75 Å². The van der Waals surface area contributed by atoms with E-state index in [2.05, 4.69) is 32.2 Å². The van der Waals surface area contributed by atoms with Crippen molar-refractivity contribution in [1.82, 2.24) is 15.2 Å². The molecule has 5 nitrogen and oxygen atoms in total. The van der Waals surface area contributed by atoms with E-state index >= 15 is 0 Å². The largest absolute Gasteiger partial charge is 0.494 e. The molecule has 5 heteroatoms. The van der Waals surface area contributed by atoms with Crippen molar-refractivity contribution in [3.8, 4) is 5.75 Å². The summed E-state index contributed by atoms with van der Waals surface area (Å²) in [7, 11) is 1.69. The Kier molecular flexibility index (Phi) is 3.61. The van der Waals surface area contributed by atoms with Gasteiger partial charge in [0, 0.05) is 36.6 Å². The molecule has 1 fully saturated rings. The van der Waals surface area contributed by atoms with Gasteiger partial charge in [-0.05, 0) is 36.5 Å². The second kappa shape index (κ2) is 5.91. The number of ether oxygens (including phenoxy) is 1. The zero-order chi connectivity index (χ0) is 15.6. The molecule has 0 unspecified atom stereocenters. The SMILES string of the molecule is COc1cccc2c(N3CCC(c4cn[nH]c4)CC3)ccnc12. The number of hydrogen-bond acceptors (Lipinski definition) is 4. The van der Waals surface area contributed by atoms with Gasteiger partial charge in [-0.1, -0.05) is 12.1 Å². The third kappa shape index (κ3) is 2.52. The van der Waals surface area contributed by atoms with Crippen LogP contribution in [-0.2, 0) is 0 Å². The molecule has 1 aliphatic heterocycles. The van der Waals surface area contributed by atoms with Crippen molar-refractivity contribution in [2.45, 2.75) is 18.8 Å². The molecule has 4 rings (SSSR count). The number of pyridine rings is 1. The minimum absolute atomic E-state index is 0.604. The minimum Gasteiger partial charge on any atom is -0.494 e. The number of piperidine rings is 1. The minimum atomic E-state index is 0.604. The van der Waals surface area contributed by atoms with Crippen LogP contribution in [0, 0.1) is 0 Å². The van der Waals surface area contributed by atoms with E-state index in [-0.39, 0.29) is 0 Å². The van der Waals surface area contributed by atoms with E-state index in [1.54, 1.807) is 7.11 Å². The number of fused-ring (bicyclic) bond motifs is 1. The Morgan fingerprint density at radius 2 is 2.09 bits per heavy atom. The second-order valence-electron chi connectivity index (χ2n) is 5.98. The Morgan fingerprint density at radius 1 is 1.22 bits per heavy atom. The zero-order valence-electron chi connectivity index (χ0n) is 13.2. The lowest BCUT2D eigenvalue weighted by molar-refractivity contribution is 0.419. The molecule has 1 aliphatic rings. The van der Waals surface area contributed by atoms with Gasteiger partial charge in [-0.15, -0.1) is 0 Å². The average molecular weight is 308 g/mol. The fraction of sp³-hybridized carbons (Fsp3) is 0.333. The highest BCUT2D eigenvalue weighted by atomic mass is 16.5. The maximum absolute atomic E-state index is 5.44. The molecule has 0 aliphatic carbocycles. The van der Waals surface area contributed by atoms with Crippen LogP contribution in [0.15, 0.2) is 42.9 Å². The van der Waals surface area contributed by atoms with Crippen molar-refractivity contribution in [3.63, 3.8) is 0 Å². The predicted molar refractivity (Wildman–Crippen MR) is 91.1 cm³/mol. The zero-order valence-corrected chi connectivity index (χ0v) is 13.2. The number of methoxy groups -OCH3 is 1. The number of anilines is 1. The Labute approximate surface area is 135 Å². The van der Waals surface area contributed by atoms with Gasteiger partial charge in [0.2, 0.25) is 0 Å². The highest BCUT2D eigenvalue weighted by molar-refractivity contribution is 5.95. The lowest BCUT2D eigenvalue weighted by Crippen LogP contribution is -2.32. The molecule has 3 heterocycles. The first kappa shape index (κ1) is 14.1. The van der Waals surface area contributed by atoms with E-state index in [1.807, 2.05) is 30.7 Å². The lowest BCUT2D eigenvalue weighted by atomic mass is 9.91. The molecule has 0 atom stereocenters. The van der Waals surface area contributed by atoms with Crippen LogP contribution in [0.4, 0.5) is 5.69 Å². The van der Waals surface area contributed by atoms with E-state index in [9.17, 15) is 0 Å². The molecule has 0 radical (unpaired) electrons. The molecule has 23 heavy (non-hydrogen) atoms. The van der Waals surface area contributed by atoms with Crippen molar-refractivity contribution in [1.29, 1.82) is 0 Å². The number of hydrogen-bond donors (Lipinski definition) is 1. The summed E-state index contributed by atoms with van der Waals surface area (Å²) in [5.41, 5.74) is 3.51. The van der Waals surface area contributed by atoms with E-state index in [0.717, 1.165) is 42.6 Å². The van der Waals surface area contributed by atoms with Gasteiger partial charge in [0.1, 0.15) is 11.3 Å². The molecule has 0 amide bonds. The molecule has 0 bridgehead atoms. The summed E-state index contributed by atoms with van der Waals surface area (Å²) in [6, 6.07) is 8.23. The first-order valence-corrected chi connectivity index (χ1v) is 8.02.